The molecule has 2 heterocycles. The van der Waals surface area contributed by atoms with Gasteiger partial charge in [0.25, 0.3) is 0 Å². The van der Waals surface area contributed by atoms with Gasteiger partial charge >= 0.3 is 0 Å². The number of likely N-dealkylation sites (N-methyl/N-ethyl adjacent to an activating group) is 1. The minimum Gasteiger partial charge on any atom is -0.493 e. The number of methoxy groups -OCH3 is 2. The molecule has 1 aromatic carbocycles. The van der Waals surface area contributed by atoms with Crippen LogP contribution in [0.3, 0.4) is 0 Å². The summed E-state index contributed by atoms with van der Waals surface area (Å²) >= 11 is 0. The Morgan fingerprint density at radius 2 is 2.00 bits per heavy atom. The monoisotopic (exact) mass is 417 g/mol. The molecule has 2 aromatic rings. The zero-order valence-electron chi connectivity index (χ0n) is 18.6. The highest BCUT2D eigenvalue weighted by Gasteiger charge is 2.15. The molecule has 3 N–H and O–H groups in total. The Kier molecular flexibility index (Phi) is 9.63. The molecular formula is C22H35N5O3. The van der Waals surface area contributed by atoms with Crippen LogP contribution in [-0.2, 0) is 4.74 Å². The minimum atomic E-state index is 0.361. The van der Waals surface area contributed by atoms with Gasteiger partial charge in [0.2, 0.25) is 5.95 Å². The van der Waals surface area contributed by atoms with E-state index >= 15 is 0 Å². The number of fused-ring (bicyclic) bond motifs is 1. The summed E-state index contributed by atoms with van der Waals surface area (Å²) in [6, 6.07) is 3.64. The Balaban J connectivity index is 0.000000386. The van der Waals surface area contributed by atoms with Crippen LogP contribution in [0.4, 0.5) is 11.8 Å². The van der Waals surface area contributed by atoms with Gasteiger partial charge < -0.3 is 30.2 Å². The largest absolute Gasteiger partial charge is 0.493 e. The maximum atomic E-state index is 6.14. The quantitative estimate of drug-likeness (QED) is 0.601. The number of rotatable bonds is 9. The second-order valence-electron chi connectivity index (χ2n) is 7.01. The van der Waals surface area contributed by atoms with Crippen molar-refractivity contribution >= 4 is 22.7 Å². The predicted molar refractivity (Wildman–Crippen MR) is 123 cm³/mol. The molecule has 1 unspecified atom stereocenters. The first-order valence-electron chi connectivity index (χ1n) is 10.4. The van der Waals surface area contributed by atoms with Crippen molar-refractivity contribution in [2.24, 2.45) is 0 Å². The maximum absolute atomic E-state index is 6.14. The standard InChI is InChI=1S/C16H25N5O2.C6H10O/c1-5-7-21(8-6-18-2)16-19-12-10-14(23-4)13(22-3)9-11(12)15(17)20-16;1-2-6-4-3-5-7-6/h9-10,18H,5-8H2,1-4H3,(H2,17,19,20);2,6H,1,3-5H2. The summed E-state index contributed by atoms with van der Waals surface area (Å²) in [5.41, 5.74) is 6.89. The molecule has 1 fully saturated rings. The molecule has 0 radical (unpaired) electrons. The Labute approximate surface area is 179 Å². The van der Waals surface area contributed by atoms with E-state index in [2.05, 4.69) is 33.7 Å². The van der Waals surface area contributed by atoms with Gasteiger partial charge in [-0.1, -0.05) is 13.0 Å². The smallest absolute Gasteiger partial charge is 0.227 e. The highest BCUT2D eigenvalue weighted by molar-refractivity contribution is 5.91. The lowest BCUT2D eigenvalue weighted by Crippen LogP contribution is -2.33. The Morgan fingerprint density at radius 3 is 2.53 bits per heavy atom. The lowest BCUT2D eigenvalue weighted by atomic mass is 10.2. The van der Waals surface area contributed by atoms with Crippen LogP contribution in [0.1, 0.15) is 26.2 Å². The Morgan fingerprint density at radius 1 is 1.27 bits per heavy atom. The first kappa shape index (κ1) is 23.7. The van der Waals surface area contributed by atoms with E-state index in [1.54, 1.807) is 14.2 Å². The average Bonchev–Trinajstić information content (AvgIpc) is 3.30. The van der Waals surface area contributed by atoms with Gasteiger partial charge in [-0.3, -0.25) is 0 Å². The topological polar surface area (TPSA) is 94.8 Å². The van der Waals surface area contributed by atoms with E-state index in [1.165, 1.54) is 12.8 Å². The Hall–Kier alpha value is -2.58. The summed E-state index contributed by atoms with van der Waals surface area (Å²) in [5.74, 6) is 2.32. The summed E-state index contributed by atoms with van der Waals surface area (Å²) in [7, 11) is 5.12. The van der Waals surface area contributed by atoms with E-state index in [9.17, 15) is 0 Å². The van der Waals surface area contributed by atoms with Crippen molar-refractivity contribution in [3.8, 4) is 11.5 Å². The predicted octanol–water partition coefficient (Wildman–Crippen LogP) is 3.02. The minimum absolute atomic E-state index is 0.361. The first-order chi connectivity index (χ1) is 14.6. The van der Waals surface area contributed by atoms with Crippen LogP contribution in [0.5, 0.6) is 11.5 Å². The van der Waals surface area contributed by atoms with E-state index in [1.807, 2.05) is 25.3 Å². The van der Waals surface area contributed by atoms with Gasteiger partial charge in [-0.15, -0.1) is 6.58 Å². The molecule has 0 amide bonds. The average molecular weight is 418 g/mol. The molecule has 0 saturated carbocycles. The summed E-state index contributed by atoms with van der Waals surface area (Å²) in [6.07, 6.45) is 5.62. The number of hydrogen-bond acceptors (Lipinski definition) is 8. The highest BCUT2D eigenvalue weighted by atomic mass is 16.5. The van der Waals surface area contributed by atoms with Crippen molar-refractivity contribution in [1.82, 2.24) is 15.3 Å². The van der Waals surface area contributed by atoms with Crippen LogP contribution < -0.4 is 25.4 Å². The SMILES string of the molecule is C=CC1CCCO1.CCCN(CCNC)c1nc(N)c2cc(OC)c(OC)cc2n1. The Bertz CT molecular complexity index is 809. The van der Waals surface area contributed by atoms with Crippen LogP contribution in [0.15, 0.2) is 24.8 Å². The number of nitrogens with two attached hydrogens (primary N) is 1. The van der Waals surface area contributed by atoms with Gasteiger partial charge in [0.15, 0.2) is 11.5 Å². The van der Waals surface area contributed by atoms with E-state index in [0.29, 0.717) is 29.4 Å². The van der Waals surface area contributed by atoms with E-state index < -0.39 is 0 Å². The lowest BCUT2D eigenvalue weighted by Gasteiger charge is -2.22. The molecule has 1 aromatic heterocycles. The molecule has 1 atom stereocenters. The maximum Gasteiger partial charge on any atom is 0.227 e. The van der Waals surface area contributed by atoms with E-state index in [-0.39, 0.29) is 0 Å². The number of nitrogens with one attached hydrogen (secondary N) is 1. The van der Waals surface area contributed by atoms with Crippen molar-refractivity contribution in [1.29, 1.82) is 0 Å². The van der Waals surface area contributed by atoms with Gasteiger partial charge in [-0.25, -0.2) is 4.98 Å². The second kappa shape index (κ2) is 12.2. The third kappa shape index (κ3) is 6.21. The lowest BCUT2D eigenvalue weighted by molar-refractivity contribution is 0.146. The molecule has 166 valence electrons. The zero-order chi connectivity index (χ0) is 21.9. The van der Waals surface area contributed by atoms with Gasteiger partial charge in [0.1, 0.15) is 5.82 Å². The van der Waals surface area contributed by atoms with Gasteiger partial charge in [-0.05, 0) is 32.4 Å². The molecule has 8 nitrogen and oxygen atoms in total. The first-order valence-corrected chi connectivity index (χ1v) is 10.4. The number of benzene rings is 1. The fourth-order valence-corrected chi connectivity index (χ4v) is 3.22. The van der Waals surface area contributed by atoms with E-state index in [4.69, 9.17) is 19.9 Å². The molecule has 8 heteroatoms. The van der Waals surface area contributed by atoms with Crippen molar-refractivity contribution < 1.29 is 14.2 Å². The molecule has 30 heavy (non-hydrogen) atoms. The summed E-state index contributed by atoms with van der Waals surface area (Å²) in [6.45, 7) is 9.23. The van der Waals surface area contributed by atoms with Crippen LogP contribution in [0.2, 0.25) is 0 Å². The molecule has 1 aliphatic rings. The number of aromatic nitrogens is 2. The van der Waals surface area contributed by atoms with Crippen LogP contribution in [0, 0.1) is 0 Å². The fraction of sp³-hybridized carbons (Fsp3) is 0.545. The second-order valence-corrected chi connectivity index (χ2v) is 7.01. The fourth-order valence-electron chi connectivity index (χ4n) is 3.22. The number of anilines is 2. The molecule has 1 saturated heterocycles. The molecule has 0 spiro atoms. The molecule has 3 rings (SSSR count). The summed E-state index contributed by atoms with van der Waals surface area (Å²) in [4.78, 5) is 11.3. The molecular weight excluding hydrogens is 382 g/mol. The number of ether oxygens (including phenoxy) is 3. The van der Waals surface area contributed by atoms with Gasteiger partial charge in [0.05, 0.1) is 25.8 Å². The summed E-state index contributed by atoms with van der Waals surface area (Å²) < 4.78 is 15.8. The number of hydrogen-bond donors (Lipinski definition) is 2. The summed E-state index contributed by atoms with van der Waals surface area (Å²) in [5, 5.41) is 3.91. The third-order valence-electron chi connectivity index (χ3n) is 4.85. The number of nitrogen functional groups attached to an aromatic ring is 1. The normalized spacial score (nSPS) is 15.4. The molecule has 0 aliphatic carbocycles. The molecule has 0 bridgehead atoms. The van der Waals surface area contributed by atoms with Crippen LogP contribution in [-0.4, -0.2) is 63.6 Å². The van der Waals surface area contributed by atoms with Crippen LogP contribution >= 0.6 is 0 Å². The number of nitrogens with zero attached hydrogens (tertiary/aromatic N) is 3. The van der Waals surface area contributed by atoms with Gasteiger partial charge in [0, 0.05) is 37.7 Å². The van der Waals surface area contributed by atoms with Crippen molar-refractivity contribution in [3.05, 3.63) is 24.8 Å². The molecule has 1 aliphatic heterocycles. The van der Waals surface area contributed by atoms with E-state index in [0.717, 1.165) is 43.6 Å². The van der Waals surface area contributed by atoms with Crippen molar-refractivity contribution in [2.45, 2.75) is 32.3 Å². The highest BCUT2D eigenvalue weighted by Crippen LogP contribution is 2.34. The van der Waals surface area contributed by atoms with Crippen molar-refractivity contribution in [2.75, 3.05) is 58.1 Å². The third-order valence-corrected chi connectivity index (χ3v) is 4.85. The van der Waals surface area contributed by atoms with Crippen molar-refractivity contribution in [3.63, 3.8) is 0 Å². The van der Waals surface area contributed by atoms with Crippen LogP contribution in [0.25, 0.3) is 10.9 Å². The zero-order valence-corrected chi connectivity index (χ0v) is 18.6. The van der Waals surface area contributed by atoms with Gasteiger partial charge in [-0.2, -0.15) is 4.98 Å².